The van der Waals surface area contributed by atoms with Crippen LogP contribution in [0, 0.1) is 0 Å². The predicted molar refractivity (Wildman–Crippen MR) is 100 cm³/mol. The van der Waals surface area contributed by atoms with E-state index in [2.05, 4.69) is 10.3 Å². The second-order valence-corrected chi connectivity index (χ2v) is 7.42. The number of carbonyl (C=O) groups excluding carboxylic acids is 1. The number of hydrogen-bond donors (Lipinski definition) is 4. The predicted octanol–water partition coefficient (Wildman–Crippen LogP) is 0.540. The Bertz CT molecular complexity index is 829. The molecule has 4 N–H and O–H groups in total. The van der Waals surface area contributed by atoms with Gasteiger partial charge in [-0.3, -0.25) is 9.78 Å². The number of alkyl halides is 1. The zero-order valence-electron chi connectivity index (χ0n) is 19.4. The lowest BCUT2D eigenvalue weighted by Gasteiger charge is -2.43. The third kappa shape index (κ3) is 4.68. The first-order valence-corrected chi connectivity index (χ1v) is 9.60. The average Bonchev–Trinajstić information content (AvgIpc) is 2.66. The molecule has 0 aromatic carbocycles. The number of thioether (sulfide) groups is 1. The van der Waals surface area contributed by atoms with Crippen molar-refractivity contribution in [2.45, 2.75) is 61.5 Å². The largest absolute Gasteiger partial charge is 0.388 e. The molecule has 7 nitrogen and oxygen atoms in total. The number of pyridine rings is 1. The van der Waals surface area contributed by atoms with Crippen LogP contribution in [0.2, 0.25) is 0 Å². The Morgan fingerprint density at radius 2 is 2.19 bits per heavy atom. The lowest BCUT2D eigenvalue weighted by Crippen LogP contribution is -2.64. The third-order valence-electron chi connectivity index (χ3n) is 4.04. The first-order chi connectivity index (χ1) is 14.2. The van der Waals surface area contributed by atoms with E-state index in [0.29, 0.717) is 0 Å². The molecule has 1 aliphatic heterocycles. The van der Waals surface area contributed by atoms with Gasteiger partial charge in [0.05, 0.1) is 15.5 Å². The summed E-state index contributed by atoms with van der Waals surface area (Å²) in [5.41, 5.74) is -1.94. The number of nitrogens with zero attached hydrogens (tertiary/aromatic N) is 1. The SMILES string of the molecule is [2H]c1nc(C(=O)N[C@@H]([C@H]2O[C@H](SC)[C@H](O)[C@@H](O)[C@H]2O)[C@H](C)Cl)c([2H])c(C([2H])([2H])C)c1[2H]. The summed E-state index contributed by atoms with van der Waals surface area (Å²) in [4.78, 5) is 16.5. The molecule has 26 heavy (non-hydrogen) atoms. The lowest BCUT2D eigenvalue weighted by atomic mass is 9.93. The molecule has 9 heteroatoms. The third-order valence-corrected chi connectivity index (χ3v) is 5.17. The van der Waals surface area contributed by atoms with Gasteiger partial charge in [0, 0.05) is 8.91 Å². The van der Waals surface area contributed by atoms with Crippen LogP contribution >= 0.6 is 23.4 Å². The summed E-state index contributed by atoms with van der Waals surface area (Å²) in [5, 5.41) is 32.2. The number of nitrogens with one attached hydrogen (secondary N) is 1. The highest BCUT2D eigenvalue weighted by Crippen LogP contribution is 2.30. The molecule has 1 fully saturated rings. The van der Waals surface area contributed by atoms with Gasteiger partial charge in [-0.2, -0.15) is 0 Å². The van der Waals surface area contributed by atoms with Crippen molar-refractivity contribution in [3.63, 3.8) is 0 Å². The highest BCUT2D eigenvalue weighted by atomic mass is 35.5. The molecule has 7 atom stereocenters. The van der Waals surface area contributed by atoms with E-state index in [-0.39, 0.29) is 0 Å². The van der Waals surface area contributed by atoms with Crippen molar-refractivity contribution in [3.05, 3.63) is 29.5 Å². The van der Waals surface area contributed by atoms with Crippen LogP contribution in [0.4, 0.5) is 0 Å². The van der Waals surface area contributed by atoms with Gasteiger partial charge in [-0.15, -0.1) is 23.4 Å². The highest BCUT2D eigenvalue weighted by molar-refractivity contribution is 7.99. The van der Waals surface area contributed by atoms with Crippen LogP contribution in [-0.4, -0.2) is 73.7 Å². The fourth-order valence-corrected chi connectivity index (χ4v) is 3.48. The maximum Gasteiger partial charge on any atom is 0.270 e. The molecule has 1 aromatic heterocycles. The highest BCUT2D eigenvalue weighted by Gasteiger charge is 2.47. The molecule has 1 saturated heterocycles. The number of aromatic nitrogens is 1. The van der Waals surface area contributed by atoms with Crippen molar-refractivity contribution in [1.29, 1.82) is 0 Å². The molecule has 2 rings (SSSR count). The quantitative estimate of drug-likeness (QED) is 0.507. The van der Waals surface area contributed by atoms with E-state index in [1.165, 1.54) is 6.92 Å². The van der Waals surface area contributed by atoms with Crippen LogP contribution in [0.5, 0.6) is 0 Å². The van der Waals surface area contributed by atoms with E-state index in [1.807, 2.05) is 0 Å². The van der Waals surface area contributed by atoms with E-state index >= 15 is 0 Å². The number of hydrogen-bond acceptors (Lipinski definition) is 7. The first-order valence-electron chi connectivity index (χ1n) is 10.4. The minimum Gasteiger partial charge on any atom is -0.388 e. The standard InChI is InChI=1S/C17H25ClN2O5S/c1-4-9-5-6-19-10(7-9)16(24)20-11(8(2)18)15-13(22)12(21)14(23)17(25-15)26-3/h5-8,11-15,17,21-23H,4H2,1-3H3,(H,20,24)/t8-,11+,12-,13+,14+,15+,17+/m0/s1/i4D2,5D,6D,7D. The summed E-state index contributed by atoms with van der Waals surface area (Å²) in [6, 6.07) is -2.34. The van der Waals surface area contributed by atoms with E-state index in [0.717, 1.165) is 18.7 Å². The van der Waals surface area contributed by atoms with Crippen LogP contribution in [0.3, 0.4) is 0 Å². The van der Waals surface area contributed by atoms with E-state index in [4.69, 9.17) is 23.2 Å². The number of amides is 1. The van der Waals surface area contributed by atoms with Gasteiger partial charge < -0.3 is 25.4 Å². The Morgan fingerprint density at radius 1 is 1.50 bits per heavy atom. The molecule has 0 saturated carbocycles. The Labute approximate surface area is 169 Å². The fourth-order valence-electron chi connectivity index (χ4n) is 2.59. The topological polar surface area (TPSA) is 112 Å². The second-order valence-electron chi connectivity index (χ2n) is 5.80. The van der Waals surface area contributed by atoms with Gasteiger partial charge in [-0.1, -0.05) is 6.92 Å². The van der Waals surface area contributed by atoms with Gasteiger partial charge in [-0.25, -0.2) is 0 Å². The van der Waals surface area contributed by atoms with Crippen LogP contribution in [-0.2, 0) is 11.1 Å². The molecule has 0 unspecified atom stereocenters. The van der Waals surface area contributed by atoms with Crippen molar-refractivity contribution in [2.75, 3.05) is 6.26 Å². The van der Waals surface area contributed by atoms with Crippen molar-refractivity contribution in [3.8, 4) is 0 Å². The zero-order chi connectivity index (χ0) is 23.8. The second kappa shape index (κ2) is 9.34. The summed E-state index contributed by atoms with van der Waals surface area (Å²) in [5.74, 6) is -0.987. The van der Waals surface area contributed by atoms with Crippen LogP contribution in [0.25, 0.3) is 0 Å². The summed E-state index contributed by atoms with van der Waals surface area (Å²) in [6.07, 6.45) is -6.95. The number of aliphatic hydroxyl groups is 3. The molecule has 0 radical (unpaired) electrons. The van der Waals surface area contributed by atoms with Gasteiger partial charge in [0.2, 0.25) is 0 Å². The first kappa shape index (κ1) is 15.1. The Balaban J connectivity index is 2.41. The van der Waals surface area contributed by atoms with E-state index in [1.54, 1.807) is 6.26 Å². The van der Waals surface area contributed by atoms with Crippen molar-refractivity contribution in [2.24, 2.45) is 0 Å². The average molecular weight is 410 g/mol. The van der Waals surface area contributed by atoms with Crippen LogP contribution in [0.1, 0.15) is 36.8 Å². The minimum absolute atomic E-state index is 0.455. The number of aliphatic hydroxyl groups excluding tert-OH is 3. The van der Waals surface area contributed by atoms with Crippen molar-refractivity contribution >= 4 is 29.3 Å². The maximum atomic E-state index is 12.9. The Hall–Kier alpha value is -0.900. The minimum atomic E-state index is -2.17. The van der Waals surface area contributed by atoms with Crippen LogP contribution in [0.15, 0.2) is 18.3 Å². The molecular formula is C17H25ClN2O5S. The summed E-state index contributed by atoms with van der Waals surface area (Å²) >= 11 is 7.29. The molecule has 1 amide bonds. The van der Waals surface area contributed by atoms with Crippen LogP contribution < -0.4 is 5.32 Å². The van der Waals surface area contributed by atoms with Gasteiger partial charge in [0.15, 0.2) is 0 Å². The monoisotopic (exact) mass is 409 g/mol. The molecule has 0 aliphatic carbocycles. The maximum absolute atomic E-state index is 12.9. The number of rotatable bonds is 6. The number of ether oxygens (including phenoxy) is 1. The molecule has 146 valence electrons. The van der Waals surface area contributed by atoms with Crippen molar-refractivity contribution in [1.82, 2.24) is 10.3 Å². The van der Waals surface area contributed by atoms with Crippen molar-refractivity contribution < 1.29 is 31.7 Å². The lowest BCUT2D eigenvalue weighted by molar-refractivity contribution is -0.204. The van der Waals surface area contributed by atoms with E-state index < -0.39 is 83.1 Å². The van der Waals surface area contributed by atoms with Gasteiger partial charge >= 0.3 is 0 Å². The zero-order valence-corrected chi connectivity index (χ0v) is 16.0. The number of halogens is 1. The normalized spacial score (nSPS) is 34.6. The molecule has 1 aliphatic rings. The molecule has 1 aromatic rings. The molecular weight excluding hydrogens is 380 g/mol. The molecule has 0 bridgehead atoms. The molecule has 0 spiro atoms. The van der Waals surface area contributed by atoms with E-state index in [9.17, 15) is 20.1 Å². The smallest absolute Gasteiger partial charge is 0.270 e. The fraction of sp³-hybridized carbons (Fsp3) is 0.647. The van der Waals surface area contributed by atoms with Gasteiger partial charge in [0.1, 0.15) is 35.5 Å². The van der Waals surface area contributed by atoms with Gasteiger partial charge in [0.25, 0.3) is 5.91 Å². The number of carbonyl (C=O) groups is 1. The summed E-state index contributed by atoms with van der Waals surface area (Å²) in [7, 11) is 0. The Kier molecular flexibility index (Phi) is 5.42. The Morgan fingerprint density at radius 3 is 2.77 bits per heavy atom. The van der Waals surface area contributed by atoms with Gasteiger partial charge in [-0.05, 0) is 37.2 Å². The summed E-state index contributed by atoms with van der Waals surface area (Å²) in [6.45, 7) is 2.60. The molecule has 2 heterocycles. The summed E-state index contributed by atoms with van der Waals surface area (Å²) < 4.78 is 45.1.